The molecular formula is C13H16N4O2. The minimum atomic E-state index is -0.791. The molecule has 3 rings (SSSR count). The monoisotopic (exact) mass is 260 g/mol. The summed E-state index contributed by atoms with van der Waals surface area (Å²) in [6.45, 7) is 1.92. The molecule has 1 unspecified atom stereocenters. The van der Waals surface area contributed by atoms with Crippen LogP contribution in [-0.2, 0) is 18.3 Å². The molecule has 19 heavy (non-hydrogen) atoms. The summed E-state index contributed by atoms with van der Waals surface area (Å²) >= 11 is 0. The Labute approximate surface area is 110 Å². The van der Waals surface area contributed by atoms with E-state index >= 15 is 0 Å². The van der Waals surface area contributed by atoms with Crippen LogP contribution in [0.4, 0.5) is 0 Å². The van der Waals surface area contributed by atoms with Crippen molar-refractivity contribution < 1.29 is 9.90 Å². The van der Waals surface area contributed by atoms with Crippen LogP contribution in [0.25, 0.3) is 11.5 Å². The van der Waals surface area contributed by atoms with E-state index in [-0.39, 0.29) is 0 Å². The smallest absolute Gasteiger partial charge is 0.312 e. The number of carbonyl (C=O) groups is 1. The van der Waals surface area contributed by atoms with Gasteiger partial charge in [-0.05, 0) is 32.3 Å². The third-order valence-electron chi connectivity index (χ3n) is 3.60. The summed E-state index contributed by atoms with van der Waals surface area (Å²) in [6, 6.07) is 1.94. The highest BCUT2D eigenvalue weighted by Crippen LogP contribution is 2.32. The minimum Gasteiger partial charge on any atom is -0.481 e. The molecule has 0 spiro atoms. The number of aromatic nitrogens is 4. The van der Waals surface area contributed by atoms with Crippen molar-refractivity contribution in [2.75, 3.05) is 0 Å². The highest BCUT2D eigenvalue weighted by molar-refractivity contribution is 5.76. The highest BCUT2D eigenvalue weighted by atomic mass is 16.4. The number of hydrogen-bond donors (Lipinski definition) is 2. The number of rotatable bonds is 2. The molecule has 0 saturated carbocycles. The summed E-state index contributed by atoms with van der Waals surface area (Å²) in [5.74, 6) is -0.565. The van der Waals surface area contributed by atoms with Crippen LogP contribution in [0.2, 0.25) is 0 Å². The van der Waals surface area contributed by atoms with Gasteiger partial charge in [0.2, 0.25) is 0 Å². The molecule has 1 aliphatic carbocycles. The molecule has 0 aromatic carbocycles. The first-order chi connectivity index (χ1) is 9.06. The molecule has 6 heteroatoms. The van der Waals surface area contributed by atoms with Crippen LogP contribution in [0.15, 0.2) is 6.07 Å². The molecule has 100 valence electrons. The van der Waals surface area contributed by atoms with E-state index in [1.165, 1.54) is 0 Å². The van der Waals surface area contributed by atoms with Gasteiger partial charge in [0.05, 0.1) is 11.4 Å². The number of carboxylic acid groups (broad SMARTS) is 1. The summed E-state index contributed by atoms with van der Waals surface area (Å²) in [4.78, 5) is 19.0. The Morgan fingerprint density at radius 3 is 3.00 bits per heavy atom. The number of nitrogens with one attached hydrogen (secondary N) is 1. The predicted molar refractivity (Wildman–Crippen MR) is 68.8 cm³/mol. The van der Waals surface area contributed by atoms with Gasteiger partial charge in [0.1, 0.15) is 11.6 Å². The van der Waals surface area contributed by atoms with Crippen LogP contribution >= 0.6 is 0 Å². The van der Waals surface area contributed by atoms with Crippen LogP contribution in [0.5, 0.6) is 0 Å². The molecule has 0 saturated heterocycles. The number of imidazole rings is 1. The number of H-pyrrole nitrogens is 1. The van der Waals surface area contributed by atoms with Crippen molar-refractivity contribution in [1.29, 1.82) is 0 Å². The van der Waals surface area contributed by atoms with E-state index in [0.29, 0.717) is 17.9 Å². The summed E-state index contributed by atoms with van der Waals surface area (Å²) in [5.41, 5.74) is 3.44. The molecule has 1 aliphatic rings. The van der Waals surface area contributed by atoms with Crippen LogP contribution < -0.4 is 0 Å². The van der Waals surface area contributed by atoms with E-state index in [2.05, 4.69) is 15.1 Å². The number of aryl methyl sites for hydroxylation is 3. The lowest BCUT2D eigenvalue weighted by Crippen LogP contribution is -2.17. The van der Waals surface area contributed by atoms with E-state index in [4.69, 9.17) is 0 Å². The second kappa shape index (κ2) is 4.22. The van der Waals surface area contributed by atoms with E-state index in [0.717, 1.165) is 29.9 Å². The van der Waals surface area contributed by atoms with Crippen molar-refractivity contribution in [3.8, 4) is 11.5 Å². The van der Waals surface area contributed by atoms with Crippen LogP contribution in [0, 0.1) is 6.92 Å². The SMILES string of the molecule is Cc1cc(-c2nc3c([nH]2)CCCC3C(=O)O)n(C)n1. The molecule has 2 heterocycles. The van der Waals surface area contributed by atoms with E-state index < -0.39 is 11.9 Å². The molecule has 0 radical (unpaired) electrons. The fourth-order valence-corrected chi connectivity index (χ4v) is 2.72. The zero-order valence-electron chi connectivity index (χ0n) is 11.0. The lowest BCUT2D eigenvalue weighted by Gasteiger charge is -2.16. The summed E-state index contributed by atoms with van der Waals surface area (Å²) in [5, 5.41) is 13.5. The Morgan fingerprint density at radius 1 is 1.58 bits per heavy atom. The average molecular weight is 260 g/mol. The molecule has 0 bridgehead atoms. The fraction of sp³-hybridized carbons (Fsp3) is 0.462. The minimum absolute atomic E-state index is 0.483. The van der Waals surface area contributed by atoms with Gasteiger partial charge in [0.25, 0.3) is 0 Å². The molecule has 2 N–H and O–H groups in total. The van der Waals surface area contributed by atoms with Crippen molar-refractivity contribution in [2.45, 2.75) is 32.1 Å². The Bertz CT molecular complexity index is 641. The third-order valence-corrected chi connectivity index (χ3v) is 3.60. The number of aromatic amines is 1. The standard InChI is InChI=1S/C13H16N4O2/c1-7-6-10(17(2)16-7)12-14-9-5-3-4-8(13(18)19)11(9)15-12/h6,8H,3-5H2,1-2H3,(H,14,15)(H,18,19). The Hall–Kier alpha value is -2.11. The second-order valence-corrected chi connectivity index (χ2v) is 5.03. The summed E-state index contributed by atoms with van der Waals surface area (Å²) in [6.07, 6.45) is 2.41. The first-order valence-corrected chi connectivity index (χ1v) is 6.39. The largest absolute Gasteiger partial charge is 0.481 e. The van der Waals surface area contributed by atoms with E-state index in [1.54, 1.807) is 4.68 Å². The molecule has 0 amide bonds. The third kappa shape index (κ3) is 1.93. The van der Waals surface area contributed by atoms with Crippen LogP contribution in [-0.4, -0.2) is 30.8 Å². The number of carboxylic acids is 1. The number of aliphatic carboxylic acids is 1. The maximum atomic E-state index is 11.3. The zero-order chi connectivity index (χ0) is 13.6. The van der Waals surface area contributed by atoms with Crippen molar-refractivity contribution in [3.63, 3.8) is 0 Å². The van der Waals surface area contributed by atoms with Crippen molar-refractivity contribution in [3.05, 3.63) is 23.1 Å². The topological polar surface area (TPSA) is 83.8 Å². The summed E-state index contributed by atoms with van der Waals surface area (Å²) in [7, 11) is 1.86. The highest BCUT2D eigenvalue weighted by Gasteiger charge is 2.30. The number of fused-ring (bicyclic) bond motifs is 1. The van der Waals surface area contributed by atoms with Gasteiger partial charge in [-0.2, -0.15) is 5.10 Å². The molecule has 0 fully saturated rings. The molecular weight excluding hydrogens is 244 g/mol. The maximum absolute atomic E-state index is 11.3. The van der Waals surface area contributed by atoms with Gasteiger partial charge < -0.3 is 10.1 Å². The van der Waals surface area contributed by atoms with Gasteiger partial charge in [-0.1, -0.05) is 0 Å². The fourth-order valence-electron chi connectivity index (χ4n) is 2.72. The number of hydrogen-bond acceptors (Lipinski definition) is 3. The van der Waals surface area contributed by atoms with Gasteiger partial charge in [-0.15, -0.1) is 0 Å². The van der Waals surface area contributed by atoms with E-state index in [1.807, 2.05) is 20.0 Å². The van der Waals surface area contributed by atoms with Crippen molar-refractivity contribution in [1.82, 2.24) is 19.7 Å². The van der Waals surface area contributed by atoms with Gasteiger partial charge >= 0.3 is 5.97 Å². The Balaban J connectivity index is 2.07. The molecule has 6 nitrogen and oxygen atoms in total. The normalized spacial score (nSPS) is 18.3. The van der Waals surface area contributed by atoms with Gasteiger partial charge in [0, 0.05) is 12.7 Å². The zero-order valence-corrected chi connectivity index (χ0v) is 11.0. The lowest BCUT2D eigenvalue weighted by molar-refractivity contribution is -0.139. The molecule has 1 atom stereocenters. The summed E-state index contributed by atoms with van der Waals surface area (Å²) < 4.78 is 1.76. The van der Waals surface area contributed by atoms with Crippen molar-refractivity contribution in [2.24, 2.45) is 7.05 Å². The van der Waals surface area contributed by atoms with Gasteiger partial charge in [0.15, 0.2) is 5.82 Å². The van der Waals surface area contributed by atoms with Crippen LogP contribution in [0.3, 0.4) is 0 Å². The second-order valence-electron chi connectivity index (χ2n) is 5.03. The van der Waals surface area contributed by atoms with Gasteiger partial charge in [-0.25, -0.2) is 4.98 Å². The number of nitrogens with zero attached hydrogens (tertiary/aromatic N) is 3. The first kappa shape index (κ1) is 12.0. The predicted octanol–water partition coefficient (Wildman–Crippen LogP) is 1.62. The average Bonchev–Trinajstić information content (AvgIpc) is 2.91. The molecule has 2 aromatic heterocycles. The van der Waals surface area contributed by atoms with Gasteiger partial charge in [-0.3, -0.25) is 9.48 Å². The Morgan fingerprint density at radius 2 is 2.37 bits per heavy atom. The quantitative estimate of drug-likeness (QED) is 0.859. The van der Waals surface area contributed by atoms with Crippen molar-refractivity contribution >= 4 is 5.97 Å². The molecule has 0 aliphatic heterocycles. The van der Waals surface area contributed by atoms with E-state index in [9.17, 15) is 9.90 Å². The maximum Gasteiger partial charge on any atom is 0.312 e. The van der Waals surface area contributed by atoms with Crippen LogP contribution in [0.1, 0.15) is 35.8 Å². The molecule has 2 aromatic rings. The Kier molecular flexibility index (Phi) is 2.66. The first-order valence-electron chi connectivity index (χ1n) is 6.39. The lowest BCUT2D eigenvalue weighted by atomic mass is 9.90.